The molecule has 3 fully saturated rings. The summed E-state index contributed by atoms with van der Waals surface area (Å²) in [6.07, 6.45) is 5.23. The second-order valence-electron chi connectivity index (χ2n) is 8.45. The average Bonchev–Trinajstić information content (AvgIpc) is 3.22. The highest BCUT2D eigenvalue weighted by atomic mass is 35.5. The van der Waals surface area contributed by atoms with Gasteiger partial charge in [0, 0.05) is 37.7 Å². The molecular formula is C22H30Cl2N4O2. The van der Waals surface area contributed by atoms with Gasteiger partial charge in [-0.1, -0.05) is 30.3 Å². The highest BCUT2D eigenvalue weighted by Gasteiger charge is 2.58. The molecule has 3 heterocycles. The van der Waals surface area contributed by atoms with Crippen molar-refractivity contribution in [3.63, 3.8) is 0 Å². The molecule has 164 valence electrons. The molecule has 0 radical (unpaired) electrons. The van der Waals surface area contributed by atoms with Crippen molar-refractivity contribution in [2.24, 2.45) is 11.3 Å². The smallest absolute Gasteiger partial charge is 0.226 e. The number of nitrogens with one attached hydrogen (secondary N) is 1. The predicted octanol–water partition coefficient (Wildman–Crippen LogP) is 3.22. The third-order valence-corrected chi connectivity index (χ3v) is 6.74. The van der Waals surface area contributed by atoms with Crippen molar-refractivity contribution in [3.8, 4) is 11.3 Å². The number of piperazine rings is 1. The molecule has 1 aromatic carbocycles. The Morgan fingerprint density at radius 3 is 2.50 bits per heavy atom. The molecule has 1 amide bonds. The van der Waals surface area contributed by atoms with Gasteiger partial charge in [-0.05, 0) is 37.8 Å². The number of carbonyl (C=O) groups is 1. The van der Waals surface area contributed by atoms with Gasteiger partial charge in [0.25, 0.3) is 0 Å². The fourth-order valence-electron chi connectivity index (χ4n) is 4.83. The Hall–Kier alpha value is -1.60. The number of halogens is 2. The Kier molecular flexibility index (Phi) is 7.45. The number of nitrogens with zero attached hydrogens (tertiary/aromatic N) is 3. The van der Waals surface area contributed by atoms with Crippen LogP contribution in [0.5, 0.6) is 0 Å². The third kappa shape index (κ3) is 4.67. The minimum atomic E-state index is 0. The first kappa shape index (κ1) is 23.1. The number of carbonyl (C=O) groups excluding carboxylic acids is 1. The number of hydrogen-bond acceptors (Lipinski definition) is 5. The number of oxazole rings is 1. The van der Waals surface area contributed by atoms with Gasteiger partial charge < -0.3 is 14.6 Å². The van der Waals surface area contributed by atoms with Crippen LogP contribution in [0.2, 0.25) is 0 Å². The second-order valence-corrected chi connectivity index (χ2v) is 8.45. The Morgan fingerprint density at radius 2 is 1.80 bits per heavy atom. The monoisotopic (exact) mass is 452 g/mol. The lowest BCUT2D eigenvalue weighted by molar-refractivity contribution is -0.135. The fourth-order valence-corrected chi connectivity index (χ4v) is 4.83. The van der Waals surface area contributed by atoms with E-state index in [0.717, 1.165) is 75.7 Å². The summed E-state index contributed by atoms with van der Waals surface area (Å²) in [7, 11) is 0. The van der Waals surface area contributed by atoms with E-state index in [0.29, 0.717) is 17.9 Å². The lowest BCUT2D eigenvalue weighted by atomic mass is 9.91. The van der Waals surface area contributed by atoms with Crippen LogP contribution in [0, 0.1) is 11.3 Å². The van der Waals surface area contributed by atoms with Gasteiger partial charge in [0.15, 0.2) is 5.76 Å². The molecule has 3 aliphatic rings. The predicted molar refractivity (Wildman–Crippen MR) is 121 cm³/mol. The molecular weight excluding hydrogens is 423 g/mol. The summed E-state index contributed by atoms with van der Waals surface area (Å²) < 4.78 is 5.93. The van der Waals surface area contributed by atoms with Crippen molar-refractivity contribution in [2.75, 3.05) is 39.3 Å². The Balaban J connectivity index is 0.00000128. The van der Waals surface area contributed by atoms with E-state index in [2.05, 4.69) is 20.1 Å². The van der Waals surface area contributed by atoms with Gasteiger partial charge in [0.2, 0.25) is 11.8 Å². The number of amides is 1. The summed E-state index contributed by atoms with van der Waals surface area (Å²) in [5.41, 5.74) is 1.37. The van der Waals surface area contributed by atoms with Gasteiger partial charge in [0.05, 0.1) is 12.7 Å². The lowest BCUT2D eigenvalue weighted by Crippen LogP contribution is -2.49. The molecule has 2 aromatic rings. The van der Waals surface area contributed by atoms with Gasteiger partial charge in [0.1, 0.15) is 0 Å². The molecule has 1 aromatic heterocycles. The molecule has 6 nitrogen and oxygen atoms in total. The molecule has 1 aliphatic carbocycles. The minimum absolute atomic E-state index is 0. The van der Waals surface area contributed by atoms with E-state index in [1.165, 1.54) is 0 Å². The van der Waals surface area contributed by atoms with Crippen molar-refractivity contribution in [1.82, 2.24) is 20.1 Å². The largest absolute Gasteiger partial charge is 0.439 e. The van der Waals surface area contributed by atoms with Crippen LogP contribution in [-0.4, -0.2) is 60.0 Å². The zero-order valence-electron chi connectivity index (χ0n) is 17.1. The number of hydrogen-bond donors (Lipinski definition) is 1. The van der Waals surface area contributed by atoms with Crippen LogP contribution in [0.15, 0.2) is 40.9 Å². The van der Waals surface area contributed by atoms with Crippen LogP contribution < -0.4 is 5.32 Å². The summed E-state index contributed by atoms with van der Waals surface area (Å²) >= 11 is 0. The minimum Gasteiger partial charge on any atom is -0.439 e. The van der Waals surface area contributed by atoms with Crippen LogP contribution in [0.1, 0.15) is 25.2 Å². The molecule has 5 rings (SSSR count). The Bertz CT molecular complexity index is 831. The summed E-state index contributed by atoms with van der Waals surface area (Å²) in [4.78, 5) is 21.8. The van der Waals surface area contributed by atoms with Gasteiger partial charge in [-0.2, -0.15) is 0 Å². The van der Waals surface area contributed by atoms with E-state index >= 15 is 0 Å². The SMILES string of the molecule is Cl.Cl.O=C(C1CC12CCNCC2)N1CCN(Cc2ncc(-c3ccccc3)o2)CC1. The standard InChI is InChI=1S/C22H28N4O2.2ClH/c27-21(18-14-22(18)6-8-23-9-7-22)26-12-10-25(11-13-26)16-20-24-15-19(28-20)17-4-2-1-3-5-17;;/h1-5,15,18,23H,6-14,16H2;2*1H. The van der Waals surface area contributed by atoms with E-state index in [1.807, 2.05) is 30.3 Å². The molecule has 2 aliphatic heterocycles. The van der Waals surface area contributed by atoms with Crippen molar-refractivity contribution < 1.29 is 9.21 Å². The second kappa shape index (κ2) is 9.69. The van der Waals surface area contributed by atoms with Gasteiger partial charge in [-0.15, -0.1) is 24.8 Å². The average molecular weight is 453 g/mol. The molecule has 1 atom stereocenters. The van der Waals surface area contributed by atoms with Crippen LogP contribution in [0.25, 0.3) is 11.3 Å². The third-order valence-electron chi connectivity index (χ3n) is 6.74. The lowest BCUT2D eigenvalue weighted by Gasteiger charge is -2.35. The maximum atomic E-state index is 12.9. The number of rotatable bonds is 4. The van der Waals surface area contributed by atoms with Crippen LogP contribution in [0.4, 0.5) is 0 Å². The first-order valence-corrected chi connectivity index (χ1v) is 10.5. The highest BCUT2D eigenvalue weighted by Crippen LogP contribution is 2.59. The van der Waals surface area contributed by atoms with Crippen LogP contribution in [-0.2, 0) is 11.3 Å². The summed E-state index contributed by atoms with van der Waals surface area (Å²) in [6.45, 7) is 6.24. The molecule has 1 N–H and O–H groups in total. The highest BCUT2D eigenvalue weighted by molar-refractivity contribution is 5.85. The quantitative estimate of drug-likeness (QED) is 0.771. The van der Waals surface area contributed by atoms with Gasteiger partial charge in [-0.25, -0.2) is 4.98 Å². The van der Waals surface area contributed by atoms with E-state index in [4.69, 9.17) is 4.42 Å². The van der Waals surface area contributed by atoms with Crippen molar-refractivity contribution >= 4 is 30.7 Å². The van der Waals surface area contributed by atoms with Crippen molar-refractivity contribution in [2.45, 2.75) is 25.8 Å². The number of piperidine rings is 1. The van der Waals surface area contributed by atoms with E-state index in [1.54, 1.807) is 6.20 Å². The molecule has 1 saturated carbocycles. The van der Waals surface area contributed by atoms with E-state index in [-0.39, 0.29) is 30.7 Å². The van der Waals surface area contributed by atoms with Gasteiger partial charge in [-0.3, -0.25) is 9.69 Å². The molecule has 1 unspecified atom stereocenters. The van der Waals surface area contributed by atoms with E-state index < -0.39 is 0 Å². The summed E-state index contributed by atoms with van der Waals surface area (Å²) in [5.74, 6) is 2.23. The molecule has 0 bridgehead atoms. The Labute approximate surface area is 190 Å². The first-order chi connectivity index (χ1) is 13.7. The normalized spacial score (nSPS) is 22.8. The van der Waals surface area contributed by atoms with Crippen LogP contribution in [0.3, 0.4) is 0 Å². The van der Waals surface area contributed by atoms with E-state index in [9.17, 15) is 4.79 Å². The van der Waals surface area contributed by atoms with Gasteiger partial charge >= 0.3 is 0 Å². The number of aromatic nitrogens is 1. The fraction of sp³-hybridized carbons (Fsp3) is 0.545. The summed E-state index contributed by atoms with van der Waals surface area (Å²) in [5, 5.41) is 3.41. The Morgan fingerprint density at radius 1 is 1.10 bits per heavy atom. The maximum Gasteiger partial charge on any atom is 0.226 e. The zero-order chi connectivity index (χ0) is 19.0. The van der Waals surface area contributed by atoms with Crippen molar-refractivity contribution in [3.05, 3.63) is 42.4 Å². The topological polar surface area (TPSA) is 61.6 Å². The molecule has 8 heteroatoms. The molecule has 30 heavy (non-hydrogen) atoms. The number of benzene rings is 1. The summed E-state index contributed by atoms with van der Waals surface area (Å²) in [6, 6.07) is 10.1. The van der Waals surface area contributed by atoms with Crippen molar-refractivity contribution in [1.29, 1.82) is 0 Å². The molecule has 2 saturated heterocycles. The first-order valence-electron chi connectivity index (χ1n) is 10.5. The van der Waals surface area contributed by atoms with Crippen LogP contribution >= 0.6 is 24.8 Å². The zero-order valence-corrected chi connectivity index (χ0v) is 18.7. The molecule has 1 spiro atoms. The maximum absolute atomic E-state index is 12.9.